The number of thiophene rings is 1. The molecule has 0 N–H and O–H groups in total. The fourth-order valence-corrected chi connectivity index (χ4v) is 8.06. The first kappa shape index (κ1) is 27.0. The summed E-state index contributed by atoms with van der Waals surface area (Å²) in [6, 6.07) is 55.0. The predicted molar refractivity (Wildman–Crippen MR) is 200 cm³/mol. The van der Waals surface area contributed by atoms with Crippen LogP contribution in [0.4, 0.5) is 17.1 Å². The van der Waals surface area contributed by atoms with Crippen molar-refractivity contribution in [2.24, 2.45) is 0 Å². The third-order valence-corrected chi connectivity index (χ3v) is 10.3. The first-order valence-electron chi connectivity index (χ1n) is 16.0. The van der Waals surface area contributed by atoms with E-state index in [1.165, 1.54) is 31.3 Å². The second kappa shape index (κ2) is 10.7. The number of anilines is 3. The molecule has 4 nitrogen and oxygen atoms in total. The Balaban J connectivity index is 1.20. The number of nitrogens with zero attached hydrogens (tertiary/aromatic N) is 2. The highest BCUT2D eigenvalue weighted by Crippen LogP contribution is 2.46. The molecule has 0 aliphatic rings. The molecule has 3 heterocycles. The Morgan fingerprint density at radius 3 is 1.98 bits per heavy atom. The van der Waals surface area contributed by atoms with Gasteiger partial charge in [-0.05, 0) is 77.9 Å². The van der Waals surface area contributed by atoms with Gasteiger partial charge in [0, 0.05) is 37.8 Å². The van der Waals surface area contributed by atoms with Gasteiger partial charge in [0.15, 0.2) is 5.58 Å². The molecule has 0 fully saturated rings. The molecule has 10 aromatic rings. The first-order valence-corrected chi connectivity index (χ1v) is 16.8. The molecule has 0 amide bonds. The lowest BCUT2D eigenvalue weighted by atomic mass is 10.0. The molecular formula is C43H26N2O2S. The van der Waals surface area contributed by atoms with E-state index in [0.29, 0.717) is 5.89 Å². The molecule has 0 saturated carbocycles. The van der Waals surface area contributed by atoms with Crippen LogP contribution in [0.25, 0.3) is 75.8 Å². The van der Waals surface area contributed by atoms with Crippen molar-refractivity contribution in [3.63, 3.8) is 0 Å². The molecule has 7 aromatic carbocycles. The van der Waals surface area contributed by atoms with Gasteiger partial charge in [0.2, 0.25) is 5.89 Å². The van der Waals surface area contributed by atoms with E-state index < -0.39 is 0 Å². The molecule has 0 atom stereocenters. The lowest BCUT2D eigenvalue weighted by molar-refractivity contribution is 0.619. The summed E-state index contributed by atoms with van der Waals surface area (Å²) in [5.41, 5.74) is 9.68. The third-order valence-electron chi connectivity index (χ3n) is 9.11. The normalized spacial score (nSPS) is 11.8. The molecule has 10 rings (SSSR count). The summed E-state index contributed by atoms with van der Waals surface area (Å²) >= 11 is 1.83. The van der Waals surface area contributed by atoms with Crippen LogP contribution in [-0.2, 0) is 0 Å². The van der Waals surface area contributed by atoms with Crippen molar-refractivity contribution in [1.82, 2.24) is 4.98 Å². The summed E-state index contributed by atoms with van der Waals surface area (Å²) < 4.78 is 15.2. The minimum atomic E-state index is 0.597. The maximum absolute atomic E-state index is 6.40. The van der Waals surface area contributed by atoms with Crippen molar-refractivity contribution in [1.29, 1.82) is 0 Å². The van der Waals surface area contributed by atoms with E-state index in [4.69, 9.17) is 13.8 Å². The van der Waals surface area contributed by atoms with Crippen LogP contribution < -0.4 is 4.90 Å². The molecule has 226 valence electrons. The van der Waals surface area contributed by atoms with Gasteiger partial charge in [0.25, 0.3) is 0 Å². The summed E-state index contributed by atoms with van der Waals surface area (Å²) in [4.78, 5) is 7.35. The van der Waals surface area contributed by atoms with Gasteiger partial charge in [0.1, 0.15) is 16.7 Å². The summed E-state index contributed by atoms with van der Waals surface area (Å²) in [7, 11) is 0. The van der Waals surface area contributed by atoms with Gasteiger partial charge in [-0.3, -0.25) is 0 Å². The molecule has 0 spiro atoms. The lowest BCUT2D eigenvalue weighted by Crippen LogP contribution is -2.10. The molecule has 0 unspecified atom stereocenters. The van der Waals surface area contributed by atoms with Crippen LogP contribution in [-0.4, -0.2) is 4.98 Å². The lowest BCUT2D eigenvalue weighted by Gasteiger charge is -2.26. The molecule has 0 aliphatic heterocycles. The summed E-state index contributed by atoms with van der Waals surface area (Å²) in [5.74, 6) is 0.597. The highest BCUT2D eigenvalue weighted by atomic mass is 32.1. The van der Waals surface area contributed by atoms with Crippen molar-refractivity contribution in [2.45, 2.75) is 0 Å². The SMILES string of the molecule is c1ccc(-c2ccc(N(c3ccc4oc5ccc6oc(-c7ccccc7)nc6c5c4c3)c3cccc4c3sc3ccccc34)cc2)cc1. The second-order valence-electron chi connectivity index (χ2n) is 12.0. The Hall–Kier alpha value is -6.17. The Morgan fingerprint density at radius 2 is 1.15 bits per heavy atom. The van der Waals surface area contributed by atoms with E-state index >= 15 is 0 Å². The quantitative estimate of drug-likeness (QED) is 0.189. The van der Waals surface area contributed by atoms with Crippen molar-refractivity contribution in [3.8, 4) is 22.6 Å². The van der Waals surface area contributed by atoms with E-state index in [0.717, 1.165) is 55.7 Å². The van der Waals surface area contributed by atoms with Crippen LogP contribution >= 0.6 is 11.3 Å². The molecule has 48 heavy (non-hydrogen) atoms. The molecule has 0 bridgehead atoms. The van der Waals surface area contributed by atoms with Crippen LogP contribution in [0.2, 0.25) is 0 Å². The average Bonchev–Trinajstić information content (AvgIpc) is 3.86. The topological polar surface area (TPSA) is 42.4 Å². The molecule has 0 saturated heterocycles. The number of hydrogen-bond acceptors (Lipinski definition) is 5. The van der Waals surface area contributed by atoms with Crippen molar-refractivity contribution in [3.05, 3.63) is 158 Å². The van der Waals surface area contributed by atoms with Crippen LogP contribution in [0.1, 0.15) is 0 Å². The predicted octanol–water partition coefficient (Wildman–Crippen LogP) is 12.9. The minimum absolute atomic E-state index is 0.597. The third kappa shape index (κ3) is 4.25. The number of benzene rings is 7. The highest BCUT2D eigenvalue weighted by Gasteiger charge is 2.21. The van der Waals surface area contributed by atoms with E-state index in [-0.39, 0.29) is 0 Å². The second-order valence-corrected chi connectivity index (χ2v) is 13.0. The zero-order valence-corrected chi connectivity index (χ0v) is 26.4. The van der Waals surface area contributed by atoms with Gasteiger partial charge in [-0.2, -0.15) is 0 Å². The Bertz CT molecular complexity index is 2780. The smallest absolute Gasteiger partial charge is 0.227 e. The number of furan rings is 1. The van der Waals surface area contributed by atoms with E-state index in [9.17, 15) is 0 Å². The van der Waals surface area contributed by atoms with Gasteiger partial charge >= 0.3 is 0 Å². The Morgan fingerprint density at radius 1 is 0.479 bits per heavy atom. The monoisotopic (exact) mass is 634 g/mol. The van der Waals surface area contributed by atoms with Crippen molar-refractivity contribution >= 4 is 81.6 Å². The average molecular weight is 635 g/mol. The largest absolute Gasteiger partial charge is 0.456 e. The van der Waals surface area contributed by atoms with Gasteiger partial charge < -0.3 is 13.7 Å². The maximum atomic E-state index is 6.40. The highest BCUT2D eigenvalue weighted by molar-refractivity contribution is 7.26. The van der Waals surface area contributed by atoms with Crippen molar-refractivity contribution < 1.29 is 8.83 Å². The van der Waals surface area contributed by atoms with Gasteiger partial charge in [-0.25, -0.2) is 4.98 Å². The fraction of sp³-hybridized carbons (Fsp3) is 0. The van der Waals surface area contributed by atoms with E-state index in [2.05, 4.69) is 120 Å². The number of oxazole rings is 1. The van der Waals surface area contributed by atoms with Crippen LogP contribution in [0.15, 0.2) is 167 Å². The molecular weight excluding hydrogens is 609 g/mol. The van der Waals surface area contributed by atoms with Gasteiger partial charge in [0.05, 0.1) is 15.8 Å². The standard InChI is InChI=1S/C43H26N2O2S/c1-3-10-27(11-4-1)28-18-20-30(21-19-28)45(35-16-9-15-33-32-14-7-8-17-39(32)48-42(33)35)31-22-23-36-34(26-31)40-37(46-36)24-25-38-41(40)44-43(47-38)29-12-5-2-6-13-29/h1-26H. The number of rotatable bonds is 5. The van der Waals surface area contributed by atoms with Crippen LogP contribution in [0.5, 0.6) is 0 Å². The maximum Gasteiger partial charge on any atom is 0.227 e. The molecule has 3 aromatic heterocycles. The number of hydrogen-bond donors (Lipinski definition) is 0. The molecule has 0 radical (unpaired) electrons. The van der Waals surface area contributed by atoms with Gasteiger partial charge in [-0.15, -0.1) is 11.3 Å². The van der Waals surface area contributed by atoms with E-state index in [1.807, 2.05) is 53.8 Å². The van der Waals surface area contributed by atoms with E-state index in [1.54, 1.807) is 0 Å². The van der Waals surface area contributed by atoms with Crippen LogP contribution in [0, 0.1) is 0 Å². The van der Waals surface area contributed by atoms with Crippen molar-refractivity contribution in [2.75, 3.05) is 4.90 Å². The number of aromatic nitrogens is 1. The molecule has 0 aliphatic carbocycles. The number of fused-ring (bicyclic) bond motifs is 8. The van der Waals surface area contributed by atoms with Crippen LogP contribution in [0.3, 0.4) is 0 Å². The Kier molecular flexibility index (Phi) is 6.01. The first-order chi connectivity index (χ1) is 23.8. The fourth-order valence-electron chi connectivity index (χ4n) is 6.85. The molecule has 5 heteroatoms. The zero-order valence-electron chi connectivity index (χ0n) is 25.6. The van der Waals surface area contributed by atoms with Gasteiger partial charge in [-0.1, -0.05) is 91.0 Å². The minimum Gasteiger partial charge on any atom is -0.456 e. The zero-order chi connectivity index (χ0) is 31.6. The summed E-state index contributed by atoms with van der Waals surface area (Å²) in [5, 5.41) is 4.48. The summed E-state index contributed by atoms with van der Waals surface area (Å²) in [6.45, 7) is 0. The Labute approximate surface area is 279 Å². The summed E-state index contributed by atoms with van der Waals surface area (Å²) in [6.07, 6.45) is 0.